The first kappa shape index (κ1) is 11.7. The van der Waals surface area contributed by atoms with Crippen LogP contribution in [-0.4, -0.2) is 23.7 Å². The Hall–Kier alpha value is -1.39. The zero-order valence-corrected chi connectivity index (χ0v) is 10.7. The molecule has 3 nitrogen and oxygen atoms in total. The van der Waals surface area contributed by atoms with Crippen LogP contribution in [0, 0.1) is 5.92 Å². The highest BCUT2D eigenvalue weighted by atomic mass is 32.1. The molecule has 4 heteroatoms. The number of hydrogen-bond acceptors (Lipinski definition) is 3. The summed E-state index contributed by atoms with van der Waals surface area (Å²) in [6.07, 6.45) is 1.71. The van der Waals surface area contributed by atoms with Crippen LogP contribution in [0.15, 0.2) is 29.6 Å². The number of rotatable bonds is 3. The van der Waals surface area contributed by atoms with E-state index in [9.17, 15) is 4.79 Å². The number of carboxylic acids is 1. The molecule has 1 aliphatic heterocycles. The Labute approximate surface area is 109 Å². The molecular formula is C14H15NO2S. The third-order valence-corrected chi connectivity index (χ3v) is 4.60. The third-order valence-electron chi connectivity index (χ3n) is 3.59. The highest BCUT2D eigenvalue weighted by molar-refractivity contribution is 7.17. The molecule has 2 unspecified atom stereocenters. The molecule has 0 bridgehead atoms. The SMILES string of the molecule is O=C(O)C1CC(Cc2csc3ccccc23)CN1. The van der Waals surface area contributed by atoms with Crippen molar-refractivity contribution in [3.8, 4) is 0 Å². The predicted octanol–water partition coefficient (Wildman–Crippen LogP) is 2.51. The number of hydrogen-bond donors (Lipinski definition) is 2. The van der Waals surface area contributed by atoms with Gasteiger partial charge in [-0.3, -0.25) is 4.79 Å². The van der Waals surface area contributed by atoms with Crippen LogP contribution < -0.4 is 5.32 Å². The van der Waals surface area contributed by atoms with Gasteiger partial charge in [0.05, 0.1) is 0 Å². The van der Waals surface area contributed by atoms with Gasteiger partial charge in [-0.1, -0.05) is 18.2 Å². The zero-order valence-electron chi connectivity index (χ0n) is 9.93. The van der Waals surface area contributed by atoms with Gasteiger partial charge in [0.15, 0.2) is 0 Å². The minimum absolute atomic E-state index is 0.361. The van der Waals surface area contributed by atoms with Gasteiger partial charge < -0.3 is 10.4 Å². The lowest BCUT2D eigenvalue weighted by Gasteiger charge is -2.07. The third kappa shape index (κ3) is 2.13. The lowest BCUT2D eigenvalue weighted by molar-refractivity contribution is -0.139. The number of carboxylic acid groups (broad SMARTS) is 1. The monoisotopic (exact) mass is 261 g/mol. The van der Waals surface area contributed by atoms with E-state index < -0.39 is 5.97 Å². The molecule has 0 saturated carbocycles. The van der Waals surface area contributed by atoms with Crippen molar-refractivity contribution in [2.75, 3.05) is 6.54 Å². The summed E-state index contributed by atoms with van der Waals surface area (Å²) in [6.45, 7) is 0.807. The molecule has 2 N–H and O–H groups in total. The summed E-state index contributed by atoms with van der Waals surface area (Å²) in [5.74, 6) is -0.295. The average Bonchev–Trinajstić information content (AvgIpc) is 2.98. The van der Waals surface area contributed by atoms with E-state index in [1.54, 1.807) is 11.3 Å². The summed E-state index contributed by atoms with van der Waals surface area (Å²) in [5.41, 5.74) is 1.36. The van der Waals surface area contributed by atoms with Gasteiger partial charge in [0, 0.05) is 4.70 Å². The predicted molar refractivity (Wildman–Crippen MR) is 73.1 cm³/mol. The van der Waals surface area contributed by atoms with Crippen LogP contribution in [0.2, 0.25) is 0 Å². The quantitative estimate of drug-likeness (QED) is 0.892. The zero-order chi connectivity index (χ0) is 12.5. The van der Waals surface area contributed by atoms with E-state index in [1.165, 1.54) is 15.6 Å². The van der Waals surface area contributed by atoms with Crippen molar-refractivity contribution >= 4 is 27.4 Å². The molecular weight excluding hydrogens is 246 g/mol. The second-order valence-corrected chi connectivity index (χ2v) is 5.77. The van der Waals surface area contributed by atoms with E-state index in [0.717, 1.165) is 19.4 Å². The van der Waals surface area contributed by atoms with Crippen LogP contribution in [0.25, 0.3) is 10.1 Å². The summed E-state index contributed by atoms with van der Waals surface area (Å²) < 4.78 is 1.31. The van der Waals surface area contributed by atoms with Crippen molar-refractivity contribution in [3.63, 3.8) is 0 Å². The van der Waals surface area contributed by atoms with E-state index in [2.05, 4.69) is 35.0 Å². The molecule has 2 aromatic rings. The molecule has 1 saturated heterocycles. The van der Waals surface area contributed by atoms with Crippen molar-refractivity contribution in [2.24, 2.45) is 5.92 Å². The van der Waals surface area contributed by atoms with Crippen LogP contribution in [0.3, 0.4) is 0 Å². The van der Waals surface area contributed by atoms with Gasteiger partial charge in [0.1, 0.15) is 6.04 Å². The molecule has 2 atom stereocenters. The molecule has 0 spiro atoms. The lowest BCUT2D eigenvalue weighted by Crippen LogP contribution is -2.29. The minimum atomic E-state index is -0.729. The number of carbonyl (C=O) groups is 1. The van der Waals surface area contributed by atoms with Crippen molar-refractivity contribution < 1.29 is 9.90 Å². The smallest absolute Gasteiger partial charge is 0.320 e. The molecule has 94 valence electrons. The van der Waals surface area contributed by atoms with Gasteiger partial charge in [-0.15, -0.1) is 11.3 Å². The van der Waals surface area contributed by atoms with E-state index in [-0.39, 0.29) is 6.04 Å². The topological polar surface area (TPSA) is 49.3 Å². The Bertz CT molecular complexity index is 578. The standard InChI is InChI=1S/C14H15NO2S/c16-14(17)12-6-9(7-15-12)5-10-8-18-13-4-2-1-3-11(10)13/h1-4,8-9,12,15H,5-7H2,(H,16,17). The van der Waals surface area contributed by atoms with Gasteiger partial charge >= 0.3 is 5.97 Å². The Balaban J connectivity index is 1.76. The molecule has 18 heavy (non-hydrogen) atoms. The number of benzene rings is 1. The molecule has 0 radical (unpaired) electrons. The fraction of sp³-hybridized carbons (Fsp3) is 0.357. The number of aliphatic carboxylic acids is 1. The summed E-state index contributed by atoms with van der Waals surface area (Å²) in [5, 5.41) is 15.6. The molecule has 1 fully saturated rings. The molecule has 3 rings (SSSR count). The Morgan fingerprint density at radius 3 is 3.06 bits per heavy atom. The maximum atomic E-state index is 10.9. The lowest BCUT2D eigenvalue weighted by atomic mass is 9.96. The molecule has 1 aromatic heterocycles. The first-order chi connectivity index (χ1) is 8.74. The van der Waals surface area contributed by atoms with E-state index in [4.69, 9.17) is 5.11 Å². The van der Waals surface area contributed by atoms with Crippen LogP contribution in [0.4, 0.5) is 0 Å². The van der Waals surface area contributed by atoms with Gasteiger partial charge in [0.2, 0.25) is 0 Å². The van der Waals surface area contributed by atoms with Gasteiger partial charge in [-0.2, -0.15) is 0 Å². The van der Waals surface area contributed by atoms with Crippen molar-refractivity contribution in [1.82, 2.24) is 5.32 Å². The van der Waals surface area contributed by atoms with Gasteiger partial charge in [-0.05, 0) is 47.7 Å². The number of nitrogens with one attached hydrogen (secondary N) is 1. The number of thiophene rings is 1. The first-order valence-corrected chi connectivity index (χ1v) is 7.03. The molecule has 0 amide bonds. The summed E-state index contributed by atoms with van der Waals surface area (Å²) in [6, 6.07) is 8.04. The fourth-order valence-electron chi connectivity index (χ4n) is 2.65. The van der Waals surface area contributed by atoms with E-state index in [0.29, 0.717) is 5.92 Å². The van der Waals surface area contributed by atoms with Crippen molar-refractivity contribution in [1.29, 1.82) is 0 Å². The maximum Gasteiger partial charge on any atom is 0.320 e. The van der Waals surface area contributed by atoms with Crippen LogP contribution in [0.5, 0.6) is 0 Å². The first-order valence-electron chi connectivity index (χ1n) is 6.15. The normalized spacial score (nSPS) is 23.6. The fourth-order valence-corrected chi connectivity index (χ4v) is 3.63. The molecule has 0 aliphatic carbocycles. The Morgan fingerprint density at radius 1 is 1.44 bits per heavy atom. The summed E-state index contributed by atoms with van der Waals surface area (Å²) in [4.78, 5) is 10.9. The Kier molecular flexibility index (Phi) is 3.06. The molecule has 1 aromatic carbocycles. The number of fused-ring (bicyclic) bond motifs is 1. The van der Waals surface area contributed by atoms with Gasteiger partial charge in [-0.25, -0.2) is 0 Å². The van der Waals surface area contributed by atoms with E-state index in [1.807, 2.05) is 0 Å². The van der Waals surface area contributed by atoms with E-state index >= 15 is 0 Å². The maximum absolute atomic E-state index is 10.9. The largest absolute Gasteiger partial charge is 0.480 e. The second-order valence-electron chi connectivity index (χ2n) is 4.86. The minimum Gasteiger partial charge on any atom is -0.480 e. The van der Waals surface area contributed by atoms with Crippen LogP contribution in [-0.2, 0) is 11.2 Å². The Morgan fingerprint density at radius 2 is 2.28 bits per heavy atom. The van der Waals surface area contributed by atoms with Crippen molar-refractivity contribution in [3.05, 3.63) is 35.2 Å². The molecule has 2 heterocycles. The van der Waals surface area contributed by atoms with Crippen molar-refractivity contribution in [2.45, 2.75) is 18.9 Å². The summed E-state index contributed by atoms with van der Waals surface area (Å²) >= 11 is 1.77. The van der Waals surface area contributed by atoms with Crippen LogP contribution >= 0.6 is 11.3 Å². The summed E-state index contributed by atoms with van der Waals surface area (Å²) in [7, 11) is 0. The average molecular weight is 261 g/mol. The van der Waals surface area contributed by atoms with Gasteiger partial charge in [0.25, 0.3) is 0 Å². The molecule has 1 aliphatic rings. The highest BCUT2D eigenvalue weighted by Crippen LogP contribution is 2.29. The second kappa shape index (κ2) is 4.71. The highest BCUT2D eigenvalue weighted by Gasteiger charge is 2.29. The van der Waals surface area contributed by atoms with Crippen LogP contribution in [0.1, 0.15) is 12.0 Å².